The van der Waals surface area contributed by atoms with Crippen molar-refractivity contribution in [3.63, 3.8) is 0 Å². The molecule has 0 aliphatic heterocycles. The van der Waals surface area contributed by atoms with E-state index in [1.54, 1.807) is 0 Å². The van der Waals surface area contributed by atoms with Gasteiger partial charge in [0.05, 0.1) is 0 Å². The second kappa shape index (κ2) is 5.41. The summed E-state index contributed by atoms with van der Waals surface area (Å²) in [6.07, 6.45) is 5.38. The lowest BCUT2D eigenvalue weighted by Crippen LogP contribution is -2.34. The van der Waals surface area contributed by atoms with Gasteiger partial charge in [0.1, 0.15) is 0 Å². The zero-order valence-corrected chi connectivity index (χ0v) is 13.4. The van der Waals surface area contributed by atoms with Gasteiger partial charge in [-0.05, 0) is 60.0 Å². The number of halogens is 1. The SMILES string of the molecule is Cc1sc(CNC2CCC(C)(C)CC2)cc1Br. The van der Waals surface area contributed by atoms with E-state index in [2.05, 4.69) is 48.1 Å². The number of hydrogen-bond acceptors (Lipinski definition) is 2. The van der Waals surface area contributed by atoms with Gasteiger partial charge in [-0.2, -0.15) is 0 Å². The van der Waals surface area contributed by atoms with Gasteiger partial charge in [-0.15, -0.1) is 11.3 Å². The van der Waals surface area contributed by atoms with E-state index in [9.17, 15) is 0 Å². The van der Waals surface area contributed by atoms with E-state index in [0.29, 0.717) is 5.41 Å². The maximum Gasteiger partial charge on any atom is 0.0314 e. The average Bonchev–Trinajstić information content (AvgIpc) is 2.57. The molecule has 0 unspecified atom stereocenters. The fourth-order valence-electron chi connectivity index (χ4n) is 2.45. The molecule has 1 aliphatic rings. The van der Waals surface area contributed by atoms with Crippen LogP contribution in [-0.2, 0) is 6.54 Å². The van der Waals surface area contributed by atoms with Gasteiger partial charge in [-0.1, -0.05) is 13.8 Å². The van der Waals surface area contributed by atoms with Gasteiger partial charge in [0, 0.05) is 26.8 Å². The first-order chi connectivity index (χ1) is 7.96. The summed E-state index contributed by atoms with van der Waals surface area (Å²) in [5.74, 6) is 0. The van der Waals surface area contributed by atoms with Crippen molar-refractivity contribution < 1.29 is 0 Å². The molecule has 1 heterocycles. The molecule has 1 saturated carbocycles. The lowest BCUT2D eigenvalue weighted by atomic mass is 9.75. The Morgan fingerprint density at radius 2 is 2.06 bits per heavy atom. The fraction of sp³-hybridized carbons (Fsp3) is 0.714. The molecule has 0 spiro atoms. The zero-order valence-electron chi connectivity index (χ0n) is 11.0. The fourth-order valence-corrected chi connectivity index (χ4v) is 4.01. The highest BCUT2D eigenvalue weighted by molar-refractivity contribution is 9.10. The van der Waals surface area contributed by atoms with Gasteiger partial charge in [-0.25, -0.2) is 0 Å². The van der Waals surface area contributed by atoms with E-state index in [4.69, 9.17) is 0 Å². The van der Waals surface area contributed by atoms with E-state index in [0.717, 1.165) is 12.6 Å². The lowest BCUT2D eigenvalue weighted by molar-refractivity contribution is 0.206. The van der Waals surface area contributed by atoms with E-state index < -0.39 is 0 Å². The van der Waals surface area contributed by atoms with Crippen LogP contribution in [-0.4, -0.2) is 6.04 Å². The number of rotatable bonds is 3. The van der Waals surface area contributed by atoms with Crippen molar-refractivity contribution in [1.82, 2.24) is 5.32 Å². The van der Waals surface area contributed by atoms with Gasteiger partial charge in [0.25, 0.3) is 0 Å². The van der Waals surface area contributed by atoms with Crippen LogP contribution >= 0.6 is 27.3 Å². The predicted octanol–water partition coefficient (Wildman–Crippen LogP) is 4.88. The van der Waals surface area contributed by atoms with Crippen LogP contribution < -0.4 is 5.32 Å². The Morgan fingerprint density at radius 3 is 2.59 bits per heavy atom. The summed E-state index contributed by atoms with van der Waals surface area (Å²) >= 11 is 5.47. The molecular weight excluding hydrogens is 294 g/mol. The third kappa shape index (κ3) is 3.80. The minimum absolute atomic E-state index is 0.570. The number of aryl methyl sites for hydroxylation is 1. The molecule has 0 aromatic carbocycles. The maximum atomic E-state index is 3.71. The Kier molecular flexibility index (Phi) is 4.32. The molecule has 1 nitrogen and oxygen atoms in total. The summed E-state index contributed by atoms with van der Waals surface area (Å²) in [5, 5.41) is 3.71. The van der Waals surface area contributed by atoms with Gasteiger partial charge < -0.3 is 5.32 Å². The number of hydrogen-bond donors (Lipinski definition) is 1. The van der Waals surface area contributed by atoms with Crippen LogP contribution in [0.2, 0.25) is 0 Å². The van der Waals surface area contributed by atoms with Crippen molar-refractivity contribution in [3.05, 3.63) is 20.3 Å². The van der Waals surface area contributed by atoms with Gasteiger partial charge in [0.2, 0.25) is 0 Å². The van der Waals surface area contributed by atoms with E-state index >= 15 is 0 Å². The molecule has 2 rings (SSSR count). The van der Waals surface area contributed by atoms with Gasteiger partial charge >= 0.3 is 0 Å². The van der Waals surface area contributed by atoms with Crippen molar-refractivity contribution in [3.8, 4) is 0 Å². The molecule has 1 aromatic heterocycles. The van der Waals surface area contributed by atoms with Crippen molar-refractivity contribution in [2.24, 2.45) is 5.41 Å². The van der Waals surface area contributed by atoms with E-state index in [1.807, 2.05) is 11.3 Å². The summed E-state index contributed by atoms with van der Waals surface area (Å²) in [6.45, 7) is 7.98. The van der Waals surface area contributed by atoms with E-state index in [-0.39, 0.29) is 0 Å². The molecule has 1 aromatic rings. The van der Waals surface area contributed by atoms with Crippen molar-refractivity contribution in [2.45, 2.75) is 59.0 Å². The summed E-state index contributed by atoms with van der Waals surface area (Å²) in [7, 11) is 0. The average molecular weight is 316 g/mol. The molecule has 1 aliphatic carbocycles. The topological polar surface area (TPSA) is 12.0 Å². The highest BCUT2D eigenvalue weighted by Gasteiger charge is 2.26. The van der Waals surface area contributed by atoms with Crippen LogP contribution in [0.15, 0.2) is 10.5 Å². The minimum atomic E-state index is 0.570. The normalized spacial score (nSPS) is 20.7. The Hall–Kier alpha value is 0.140. The van der Waals surface area contributed by atoms with Crippen LogP contribution in [0.3, 0.4) is 0 Å². The second-order valence-electron chi connectivity index (χ2n) is 5.94. The van der Waals surface area contributed by atoms with Crippen molar-refractivity contribution in [1.29, 1.82) is 0 Å². The minimum Gasteiger partial charge on any atom is -0.309 e. The summed E-state index contributed by atoms with van der Waals surface area (Å²) in [4.78, 5) is 2.82. The van der Waals surface area contributed by atoms with Crippen LogP contribution in [0.1, 0.15) is 49.3 Å². The molecule has 1 fully saturated rings. The first-order valence-electron chi connectivity index (χ1n) is 6.44. The molecule has 0 saturated heterocycles. The molecule has 17 heavy (non-hydrogen) atoms. The van der Waals surface area contributed by atoms with Gasteiger partial charge in [-0.3, -0.25) is 0 Å². The lowest BCUT2D eigenvalue weighted by Gasteiger charge is -2.34. The molecule has 0 amide bonds. The second-order valence-corrected chi connectivity index (χ2v) is 8.13. The summed E-state index contributed by atoms with van der Waals surface area (Å²) in [6, 6.07) is 2.98. The smallest absolute Gasteiger partial charge is 0.0314 e. The first-order valence-corrected chi connectivity index (χ1v) is 8.05. The standard InChI is InChI=1S/C14H22BrNS/c1-10-13(15)8-12(17-10)9-16-11-4-6-14(2,3)7-5-11/h8,11,16H,4-7,9H2,1-3H3. The van der Waals surface area contributed by atoms with E-state index in [1.165, 1.54) is 39.9 Å². The quantitative estimate of drug-likeness (QED) is 0.838. The van der Waals surface area contributed by atoms with Crippen LogP contribution in [0.4, 0.5) is 0 Å². The monoisotopic (exact) mass is 315 g/mol. The predicted molar refractivity (Wildman–Crippen MR) is 79.6 cm³/mol. The third-order valence-corrected chi connectivity index (χ3v) is 5.95. The largest absolute Gasteiger partial charge is 0.309 e. The first kappa shape index (κ1) is 13.6. The Morgan fingerprint density at radius 1 is 1.41 bits per heavy atom. The zero-order chi connectivity index (χ0) is 12.5. The number of nitrogens with one attached hydrogen (secondary N) is 1. The van der Waals surface area contributed by atoms with Gasteiger partial charge in [0.15, 0.2) is 0 Å². The maximum absolute atomic E-state index is 3.71. The van der Waals surface area contributed by atoms with Crippen LogP contribution in [0.25, 0.3) is 0 Å². The molecule has 3 heteroatoms. The number of thiophene rings is 1. The molecule has 96 valence electrons. The van der Waals surface area contributed by atoms with Crippen LogP contribution in [0.5, 0.6) is 0 Å². The molecule has 0 atom stereocenters. The summed E-state index contributed by atoms with van der Waals surface area (Å²) in [5.41, 5.74) is 0.570. The highest BCUT2D eigenvalue weighted by atomic mass is 79.9. The Labute approximate surface area is 117 Å². The third-order valence-electron chi connectivity index (χ3n) is 3.81. The van der Waals surface area contributed by atoms with Crippen molar-refractivity contribution >= 4 is 27.3 Å². The highest BCUT2D eigenvalue weighted by Crippen LogP contribution is 2.35. The Bertz CT molecular complexity index is 354. The van der Waals surface area contributed by atoms with Crippen molar-refractivity contribution in [2.75, 3.05) is 0 Å². The molecule has 0 bridgehead atoms. The Balaban J connectivity index is 1.79. The summed E-state index contributed by atoms with van der Waals surface area (Å²) < 4.78 is 1.25. The molecule has 0 radical (unpaired) electrons. The molecular formula is C14H22BrNS. The van der Waals surface area contributed by atoms with Crippen LogP contribution in [0, 0.1) is 12.3 Å². The molecule has 1 N–H and O–H groups in total.